The zero-order valence-corrected chi connectivity index (χ0v) is 23.1. The maximum Gasteiger partial charge on any atom is 0.262 e. The molecule has 0 atom stereocenters. The second-order valence-corrected chi connectivity index (χ2v) is 11.9. The Morgan fingerprint density at radius 2 is 1.18 bits per heavy atom. The van der Waals surface area contributed by atoms with Crippen molar-refractivity contribution in [2.75, 3.05) is 15.4 Å². The first-order valence-corrected chi connectivity index (χ1v) is 13.9. The Morgan fingerprint density at radius 3 is 1.77 bits per heavy atom. The number of rotatable bonds is 7. The van der Waals surface area contributed by atoms with Gasteiger partial charge in [0.2, 0.25) is 0 Å². The minimum Gasteiger partial charge on any atom is -0.322 e. The van der Waals surface area contributed by atoms with Crippen molar-refractivity contribution in [2.24, 2.45) is 0 Å². The molecule has 4 aromatic rings. The highest BCUT2D eigenvalue weighted by molar-refractivity contribution is 7.92. The Bertz CT molecular complexity index is 1610. The SMILES string of the molecule is Cc1ccc(C(=O)Nc2cccc(NC(=O)c3ccc(C(C)(C)C)cc3)c2)cc1S(=O)(=O)Nc1ccccc1. The summed E-state index contributed by atoms with van der Waals surface area (Å²) < 4.78 is 28.5. The van der Waals surface area contributed by atoms with Crippen molar-refractivity contribution in [1.29, 1.82) is 0 Å². The normalized spacial score (nSPS) is 11.5. The Hall–Kier alpha value is -4.43. The Morgan fingerprint density at radius 1 is 0.641 bits per heavy atom. The van der Waals surface area contributed by atoms with Gasteiger partial charge in [0.25, 0.3) is 21.8 Å². The Labute approximate surface area is 229 Å². The molecule has 2 amide bonds. The number of hydrogen-bond acceptors (Lipinski definition) is 4. The van der Waals surface area contributed by atoms with E-state index in [1.165, 1.54) is 6.07 Å². The van der Waals surface area contributed by atoms with Crippen molar-refractivity contribution >= 4 is 38.9 Å². The van der Waals surface area contributed by atoms with Gasteiger partial charge >= 0.3 is 0 Å². The first-order valence-electron chi connectivity index (χ1n) is 12.4. The summed E-state index contributed by atoms with van der Waals surface area (Å²) in [5.74, 6) is -0.745. The van der Waals surface area contributed by atoms with Crippen LogP contribution in [-0.2, 0) is 15.4 Å². The highest BCUT2D eigenvalue weighted by Crippen LogP contribution is 2.24. The monoisotopic (exact) mass is 541 g/mol. The number of benzene rings is 4. The molecular formula is C31H31N3O4S. The molecule has 0 saturated heterocycles. The molecule has 0 saturated carbocycles. The zero-order chi connectivity index (χ0) is 28.2. The number of anilines is 3. The lowest BCUT2D eigenvalue weighted by Crippen LogP contribution is -2.17. The fourth-order valence-corrected chi connectivity index (χ4v) is 5.28. The van der Waals surface area contributed by atoms with E-state index in [9.17, 15) is 18.0 Å². The third-order valence-electron chi connectivity index (χ3n) is 6.16. The molecular weight excluding hydrogens is 510 g/mol. The molecule has 0 spiro atoms. The number of hydrogen-bond donors (Lipinski definition) is 3. The number of carbonyl (C=O) groups is 2. The van der Waals surface area contributed by atoms with Crippen LogP contribution in [0.5, 0.6) is 0 Å². The molecule has 0 radical (unpaired) electrons. The van der Waals surface area contributed by atoms with Crippen molar-refractivity contribution in [3.63, 3.8) is 0 Å². The van der Waals surface area contributed by atoms with Crippen molar-refractivity contribution in [3.8, 4) is 0 Å². The molecule has 0 bridgehead atoms. The summed E-state index contributed by atoms with van der Waals surface area (Å²) in [6.07, 6.45) is 0. The molecule has 8 heteroatoms. The maximum absolute atomic E-state index is 13.0. The number of sulfonamides is 1. The van der Waals surface area contributed by atoms with E-state index in [-0.39, 0.29) is 21.8 Å². The van der Waals surface area contributed by atoms with Gasteiger partial charge in [-0.3, -0.25) is 14.3 Å². The van der Waals surface area contributed by atoms with Gasteiger partial charge in [-0.05, 0) is 78.1 Å². The van der Waals surface area contributed by atoms with Crippen LogP contribution in [0, 0.1) is 6.92 Å². The van der Waals surface area contributed by atoms with Crippen molar-refractivity contribution in [3.05, 3.63) is 119 Å². The fraction of sp³-hybridized carbons (Fsp3) is 0.161. The van der Waals surface area contributed by atoms with E-state index < -0.39 is 15.9 Å². The quantitative estimate of drug-likeness (QED) is 0.245. The first kappa shape index (κ1) is 27.6. The van der Waals surface area contributed by atoms with Gasteiger partial charge in [-0.2, -0.15) is 0 Å². The van der Waals surface area contributed by atoms with E-state index in [4.69, 9.17) is 0 Å². The smallest absolute Gasteiger partial charge is 0.262 e. The van der Waals surface area contributed by atoms with Crippen LogP contribution >= 0.6 is 0 Å². The molecule has 39 heavy (non-hydrogen) atoms. The molecule has 0 aliphatic heterocycles. The topological polar surface area (TPSA) is 104 Å². The van der Waals surface area contributed by atoms with Gasteiger partial charge in [-0.15, -0.1) is 0 Å². The van der Waals surface area contributed by atoms with E-state index in [0.717, 1.165) is 5.56 Å². The van der Waals surface area contributed by atoms with Crippen LogP contribution < -0.4 is 15.4 Å². The minimum atomic E-state index is -3.91. The first-order chi connectivity index (χ1) is 18.4. The third kappa shape index (κ3) is 6.91. The molecule has 200 valence electrons. The summed E-state index contributed by atoms with van der Waals surface area (Å²) in [6, 6.07) is 27.3. The molecule has 4 rings (SSSR count). The molecule has 0 unspecified atom stereocenters. The molecule has 0 aliphatic rings. The predicted molar refractivity (Wildman–Crippen MR) is 156 cm³/mol. The third-order valence-corrected chi connectivity index (χ3v) is 7.68. The zero-order valence-electron chi connectivity index (χ0n) is 22.3. The Balaban J connectivity index is 1.47. The van der Waals surface area contributed by atoms with Gasteiger partial charge in [-0.1, -0.05) is 63.2 Å². The lowest BCUT2D eigenvalue weighted by Gasteiger charge is -2.19. The molecule has 0 fully saturated rings. The van der Waals surface area contributed by atoms with Crippen LogP contribution in [0.2, 0.25) is 0 Å². The van der Waals surface area contributed by atoms with Gasteiger partial charge in [0, 0.05) is 28.2 Å². The van der Waals surface area contributed by atoms with E-state index in [2.05, 4.69) is 36.1 Å². The molecule has 4 aromatic carbocycles. The molecule has 7 nitrogen and oxygen atoms in total. The fourth-order valence-electron chi connectivity index (χ4n) is 3.95. The number of aryl methyl sites for hydroxylation is 1. The summed E-state index contributed by atoms with van der Waals surface area (Å²) in [6.45, 7) is 8.00. The second kappa shape index (κ2) is 11.1. The molecule has 0 heterocycles. The number of carbonyl (C=O) groups excluding carboxylic acids is 2. The summed E-state index contributed by atoms with van der Waals surface area (Å²) in [5.41, 5.74) is 3.72. The maximum atomic E-state index is 13.0. The largest absolute Gasteiger partial charge is 0.322 e. The van der Waals surface area contributed by atoms with Crippen molar-refractivity contribution < 1.29 is 18.0 Å². The van der Waals surface area contributed by atoms with Crippen LogP contribution in [0.4, 0.5) is 17.1 Å². The number of para-hydroxylation sites is 1. The van der Waals surface area contributed by atoms with E-state index in [1.807, 2.05) is 12.1 Å². The van der Waals surface area contributed by atoms with Crippen LogP contribution in [0.25, 0.3) is 0 Å². The van der Waals surface area contributed by atoms with Crippen molar-refractivity contribution in [1.82, 2.24) is 0 Å². The molecule has 0 aliphatic carbocycles. The van der Waals surface area contributed by atoms with E-state index in [0.29, 0.717) is 28.2 Å². The van der Waals surface area contributed by atoms with Crippen LogP contribution in [-0.4, -0.2) is 20.2 Å². The standard InChI is InChI=1S/C31H31N3O4S/c1-21-13-14-23(19-28(21)39(37,38)34-25-9-6-5-7-10-25)30(36)33-27-12-8-11-26(20-27)32-29(35)22-15-17-24(18-16-22)31(2,3)4/h5-20,34H,1-4H3,(H,32,35)(H,33,36). The minimum absolute atomic E-state index is 0.0116. The van der Waals surface area contributed by atoms with Gasteiger partial charge in [0.05, 0.1) is 4.90 Å². The average molecular weight is 542 g/mol. The van der Waals surface area contributed by atoms with Crippen LogP contribution in [0.1, 0.15) is 52.6 Å². The van der Waals surface area contributed by atoms with Gasteiger partial charge in [-0.25, -0.2) is 8.42 Å². The lowest BCUT2D eigenvalue weighted by atomic mass is 9.87. The highest BCUT2D eigenvalue weighted by atomic mass is 32.2. The summed E-state index contributed by atoms with van der Waals surface area (Å²) in [7, 11) is -3.91. The number of amides is 2. The van der Waals surface area contributed by atoms with Crippen LogP contribution in [0.3, 0.4) is 0 Å². The summed E-state index contributed by atoms with van der Waals surface area (Å²) >= 11 is 0. The second-order valence-electron chi connectivity index (χ2n) is 10.3. The predicted octanol–water partition coefficient (Wildman–Crippen LogP) is 6.60. The summed E-state index contributed by atoms with van der Waals surface area (Å²) in [5, 5.41) is 5.63. The summed E-state index contributed by atoms with van der Waals surface area (Å²) in [4.78, 5) is 25.8. The van der Waals surface area contributed by atoms with Crippen LogP contribution in [0.15, 0.2) is 102 Å². The highest BCUT2D eigenvalue weighted by Gasteiger charge is 2.20. The van der Waals surface area contributed by atoms with E-state index in [1.54, 1.807) is 85.8 Å². The van der Waals surface area contributed by atoms with Gasteiger partial charge in [0.15, 0.2) is 0 Å². The molecule has 3 N–H and O–H groups in total. The van der Waals surface area contributed by atoms with Gasteiger partial charge < -0.3 is 10.6 Å². The Kier molecular flexibility index (Phi) is 7.88. The van der Waals surface area contributed by atoms with E-state index >= 15 is 0 Å². The molecule has 0 aromatic heterocycles. The number of nitrogens with one attached hydrogen (secondary N) is 3. The average Bonchev–Trinajstić information content (AvgIpc) is 2.89. The lowest BCUT2D eigenvalue weighted by molar-refractivity contribution is 0.101. The van der Waals surface area contributed by atoms with Crippen molar-refractivity contribution in [2.45, 2.75) is 38.0 Å². The van der Waals surface area contributed by atoms with Gasteiger partial charge in [0.1, 0.15) is 0 Å².